The van der Waals surface area contributed by atoms with E-state index in [1.54, 1.807) is 39.2 Å². The first-order valence-electron chi connectivity index (χ1n) is 22.6. The number of aryl methyl sites for hydroxylation is 1. The molecule has 3 aliphatic heterocycles. The Labute approximate surface area is 376 Å². The van der Waals surface area contributed by atoms with Gasteiger partial charge in [-0.05, 0) is 99.4 Å². The van der Waals surface area contributed by atoms with E-state index in [2.05, 4.69) is 25.9 Å². The molecular formula is C48H57F3N8O6. The molecule has 5 N–H and O–H groups in total. The molecule has 3 aliphatic rings. The maximum absolute atomic E-state index is 13.6. The first kappa shape index (κ1) is 46.7. The van der Waals surface area contributed by atoms with Gasteiger partial charge in [0.1, 0.15) is 23.4 Å². The van der Waals surface area contributed by atoms with Crippen LogP contribution in [0.4, 0.5) is 30.4 Å². The van der Waals surface area contributed by atoms with Crippen LogP contribution in [-0.2, 0) is 20.6 Å². The number of hydrogen-bond acceptors (Lipinski definition) is 11. The molecule has 0 aliphatic carbocycles. The Morgan fingerprint density at radius 3 is 2.32 bits per heavy atom. The van der Waals surface area contributed by atoms with Gasteiger partial charge in [0, 0.05) is 55.3 Å². The number of aromatic nitrogens is 2. The monoisotopic (exact) mass is 898 g/mol. The molecule has 346 valence electrons. The number of nitrogens with two attached hydrogens (primary N) is 1. The number of carbonyl (C=O) groups excluding carboxylic acids is 5. The number of unbranched alkanes of at least 4 members (excludes halogenated alkanes) is 7. The number of nitrogen functional groups attached to an aromatic ring is 1. The summed E-state index contributed by atoms with van der Waals surface area (Å²) in [6, 6.07) is 10.9. The number of likely N-dealkylation sites (tertiary alicyclic amines) is 1. The Balaban J connectivity index is 0.813. The lowest BCUT2D eigenvalue weighted by molar-refractivity contribution is -0.138. The van der Waals surface area contributed by atoms with E-state index < -0.39 is 47.5 Å². The number of carbonyl (C=O) groups is 5. The summed E-state index contributed by atoms with van der Waals surface area (Å²) in [6.45, 7) is 5.41. The number of imide groups is 2. The summed E-state index contributed by atoms with van der Waals surface area (Å²) in [6.07, 6.45) is 5.67. The molecule has 65 heavy (non-hydrogen) atoms. The van der Waals surface area contributed by atoms with E-state index in [-0.39, 0.29) is 41.5 Å². The van der Waals surface area contributed by atoms with Crippen LogP contribution in [0.2, 0.25) is 0 Å². The van der Waals surface area contributed by atoms with E-state index in [0.29, 0.717) is 60.2 Å². The second kappa shape index (κ2) is 20.3. The molecule has 0 spiro atoms. The van der Waals surface area contributed by atoms with Crippen molar-refractivity contribution in [1.29, 1.82) is 0 Å². The van der Waals surface area contributed by atoms with Gasteiger partial charge in [0.05, 0.1) is 35.4 Å². The zero-order chi connectivity index (χ0) is 46.4. The van der Waals surface area contributed by atoms with E-state index in [4.69, 9.17) is 10.5 Å². The fourth-order valence-corrected chi connectivity index (χ4v) is 9.22. The summed E-state index contributed by atoms with van der Waals surface area (Å²) in [7, 11) is 1.62. The molecule has 2 saturated heterocycles. The first-order valence-corrected chi connectivity index (χ1v) is 22.6. The normalized spacial score (nSPS) is 17.4. The molecule has 14 nitrogen and oxygen atoms in total. The van der Waals surface area contributed by atoms with Gasteiger partial charge in [-0.3, -0.25) is 34.2 Å². The van der Waals surface area contributed by atoms with Crippen molar-refractivity contribution in [1.82, 2.24) is 25.1 Å². The number of methoxy groups -OCH3 is 1. The predicted molar refractivity (Wildman–Crippen MR) is 240 cm³/mol. The molecule has 1 aromatic heterocycles. The minimum Gasteiger partial charge on any atom is -0.496 e. The lowest BCUT2D eigenvalue weighted by Gasteiger charge is -2.33. The van der Waals surface area contributed by atoms with Gasteiger partial charge in [-0.25, -0.2) is 9.97 Å². The highest BCUT2D eigenvalue weighted by atomic mass is 19.4. The van der Waals surface area contributed by atoms with E-state index in [1.165, 1.54) is 6.07 Å². The molecule has 0 saturated carbocycles. The van der Waals surface area contributed by atoms with Gasteiger partial charge < -0.3 is 26.0 Å². The topological polar surface area (TPSA) is 189 Å². The number of halogens is 3. The number of benzene rings is 3. The number of piperidine rings is 2. The van der Waals surface area contributed by atoms with Crippen molar-refractivity contribution in [3.63, 3.8) is 0 Å². The molecule has 5 amide bonds. The van der Waals surface area contributed by atoms with Gasteiger partial charge in [0.25, 0.3) is 11.8 Å². The largest absolute Gasteiger partial charge is 0.496 e. The highest BCUT2D eigenvalue weighted by Crippen LogP contribution is 2.40. The van der Waals surface area contributed by atoms with Crippen LogP contribution in [0.15, 0.2) is 48.5 Å². The Kier molecular flexibility index (Phi) is 14.6. The zero-order valence-electron chi connectivity index (χ0n) is 37.1. The highest BCUT2D eigenvalue weighted by Gasteiger charge is 2.45. The van der Waals surface area contributed by atoms with Crippen LogP contribution in [0.3, 0.4) is 0 Å². The summed E-state index contributed by atoms with van der Waals surface area (Å²) in [5.41, 5.74) is 8.16. The summed E-state index contributed by atoms with van der Waals surface area (Å²) in [5, 5.41) is 9.56. The predicted octanol–water partition coefficient (Wildman–Crippen LogP) is 8.45. The van der Waals surface area contributed by atoms with Gasteiger partial charge >= 0.3 is 6.18 Å². The smallest absolute Gasteiger partial charge is 0.416 e. The summed E-state index contributed by atoms with van der Waals surface area (Å²) < 4.78 is 46.5. The Bertz CT molecular complexity index is 2450. The quantitative estimate of drug-likeness (QED) is 0.0426. The number of alkyl halides is 3. The fourth-order valence-electron chi connectivity index (χ4n) is 9.22. The van der Waals surface area contributed by atoms with Crippen LogP contribution in [0.1, 0.15) is 146 Å². The standard InChI is InChI=1S/C48H57F3N8O6/c1-28(31-23-32(48(49,50)51)25-33(52)24-31)54-44-36-26-35(40(65-3)27-38(36)55-29(2)56-44)30-18-21-58(22-19-30)42(61)15-10-8-6-4-5-7-9-11-20-53-37-14-12-13-34-43(37)47(64)59(46(34)63)39-16-17-41(60)57-45(39)62/h12-14,23-28,30,39,53H,4-11,15-22,52H2,1-3H3,(H,54,55,56)(H,57,60,62). The molecule has 2 fully saturated rings. The van der Waals surface area contributed by atoms with Crippen molar-refractivity contribution >= 4 is 57.6 Å². The van der Waals surface area contributed by atoms with E-state index in [0.717, 1.165) is 92.2 Å². The van der Waals surface area contributed by atoms with Crippen LogP contribution in [0, 0.1) is 6.92 Å². The number of fused-ring (bicyclic) bond motifs is 2. The molecule has 0 radical (unpaired) electrons. The number of ether oxygens (including phenoxy) is 1. The minimum atomic E-state index is -4.53. The van der Waals surface area contributed by atoms with Crippen LogP contribution < -0.4 is 26.4 Å². The van der Waals surface area contributed by atoms with E-state index in [9.17, 15) is 37.1 Å². The first-order chi connectivity index (χ1) is 31.1. The zero-order valence-corrected chi connectivity index (χ0v) is 37.1. The van der Waals surface area contributed by atoms with Gasteiger partial charge in [-0.15, -0.1) is 0 Å². The summed E-state index contributed by atoms with van der Waals surface area (Å²) in [4.78, 5) is 75.8. The average Bonchev–Trinajstić information content (AvgIpc) is 3.53. The molecule has 17 heteroatoms. The molecule has 4 heterocycles. The van der Waals surface area contributed by atoms with Crippen LogP contribution in [0.5, 0.6) is 5.75 Å². The third kappa shape index (κ3) is 10.8. The van der Waals surface area contributed by atoms with Gasteiger partial charge in [0.15, 0.2) is 0 Å². The lowest BCUT2D eigenvalue weighted by Crippen LogP contribution is -2.54. The van der Waals surface area contributed by atoms with Crippen molar-refractivity contribution in [3.8, 4) is 5.75 Å². The van der Waals surface area contributed by atoms with Gasteiger partial charge in [0.2, 0.25) is 17.7 Å². The molecule has 7 rings (SSSR count). The number of rotatable bonds is 18. The number of nitrogens with zero attached hydrogens (tertiary/aromatic N) is 4. The van der Waals surface area contributed by atoms with Gasteiger partial charge in [-0.2, -0.15) is 13.2 Å². The molecule has 4 aromatic rings. The second-order valence-electron chi connectivity index (χ2n) is 17.3. The van der Waals surface area contributed by atoms with Crippen LogP contribution >= 0.6 is 0 Å². The highest BCUT2D eigenvalue weighted by molar-refractivity contribution is 6.25. The Morgan fingerprint density at radius 1 is 0.923 bits per heavy atom. The second-order valence-corrected chi connectivity index (χ2v) is 17.3. The molecule has 3 aromatic carbocycles. The van der Waals surface area contributed by atoms with Crippen LogP contribution in [0.25, 0.3) is 10.9 Å². The van der Waals surface area contributed by atoms with Crippen LogP contribution in [-0.4, -0.2) is 82.1 Å². The van der Waals surface area contributed by atoms with Crippen molar-refractivity contribution in [2.24, 2.45) is 0 Å². The van der Waals surface area contributed by atoms with Crippen molar-refractivity contribution < 1.29 is 41.9 Å². The summed E-state index contributed by atoms with van der Waals surface area (Å²) in [5.74, 6) is -0.115. The third-order valence-corrected chi connectivity index (χ3v) is 12.7. The maximum atomic E-state index is 13.6. The van der Waals surface area contributed by atoms with Crippen molar-refractivity contribution in [2.75, 3.05) is 43.1 Å². The SMILES string of the molecule is COc1cc2nc(C)nc(NC(C)c3cc(N)cc(C(F)(F)F)c3)c2cc1C1CCN(C(=O)CCCCCCCCCCNc2cccc3c2C(=O)N(C2CCC(=O)NC2=O)C3=O)CC1. The number of anilines is 3. The third-order valence-electron chi connectivity index (χ3n) is 12.7. The molecule has 2 atom stereocenters. The van der Waals surface area contributed by atoms with E-state index >= 15 is 0 Å². The molecule has 2 unspecified atom stereocenters. The Morgan fingerprint density at radius 2 is 1.63 bits per heavy atom. The van der Waals surface area contributed by atoms with Gasteiger partial charge in [-0.1, -0.05) is 44.6 Å². The number of amides is 5. The fraction of sp³-hybridized carbons (Fsp3) is 0.479. The van der Waals surface area contributed by atoms with E-state index in [1.807, 2.05) is 17.0 Å². The maximum Gasteiger partial charge on any atom is 0.416 e. The number of nitrogens with one attached hydrogen (secondary N) is 3. The Hall–Kier alpha value is -6.26. The van der Waals surface area contributed by atoms with Crippen molar-refractivity contribution in [2.45, 2.75) is 121 Å². The summed E-state index contributed by atoms with van der Waals surface area (Å²) >= 11 is 0. The number of hydrogen-bond donors (Lipinski definition) is 4. The van der Waals surface area contributed by atoms with Crippen molar-refractivity contribution in [3.05, 3.63) is 82.2 Å². The minimum absolute atomic E-state index is 0.0237. The molecule has 0 bridgehead atoms. The lowest BCUT2D eigenvalue weighted by atomic mass is 9.87. The average molecular weight is 899 g/mol. The molecular weight excluding hydrogens is 842 g/mol.